The Kier molecular flexibility index (Phi) is 8.83. The van der Waals surface area contributed by atoms with Crippen molar-refractivity contribution in [3.63, 3.8) is 0 Å². The lowest BCUT2D eigenvalue weighted by atomic mass is 9.82. The van der Waals surface area contributed by atoms with Crippen LogP contribution in [0.3, 0.4) is 0 Å². The maximum atomic E-state index is 2.49. The smallest absolute Gasteiger partial charge is 0.0412 e. The third-order valence-corrected chi connectivity index (χ3v) is 5.73. The summed E-state index contributed by atoms with van der Waals surface area (Å²) in [5.74, 6) is 3.96. The Morgan fingerprint density at radius 1 is 0.895 bits per heavy atom. The van der Waals surface area contributed by atoms with Crippen LogP contribution in [-0.4, -0.2) is 0 Å². The molecule has 1 fully saturated rings. The Hall–Kier alpha value is 0. The largest absolute Gasteiger partial charge is 0.0654 e. The third-order valence-electron chi connectivity index (χ3n) is 5.73. The lowest BCUT2D eigenvalue weighted by molar-refractivity contribution is 0.281. The SMILES string of the molecule is CCCCC(CC)CC1CCCCC(C)C(C)CC1. The topological polar surface area (TPSA) is 0 Å². The zero-order valence-corrected chi connectivity index (χ0v) is 14.1. The molecule has 4 atom stereocenters. The Morgan fingerprint density at radius 2 is 1.58 bits per heavy atom. The minimum Gasteiger partial charge on any atom is -0.0654 e. The maximum absolute atomic E-state index is 2.49. The molecule has 0 amide bonds. The first-order valence-electron chi connectivity index (χ1n) is 9.17. The van der Waals surface area contributed by atoms with Crippen LogP contribution < -0.4 is 0 Å². The first-order valence-corrected chi connectivity index (χ1v) is 9.17. The zero-order chi connectivity index (χ0) is 14.1. The average molecular weight is 267 g/mol. The highest BCUT2D eigenvalue weighted by atomic mass is 14.3. The second-order valence-corrected chi connectivity index (χ2v) is 7.33. The van der Waals surface area contributed by atoms with Crippen LogP contribution in [0.1, 0.15) is 98.3 Å². The molecular formula is C19H38. The molecule has 0 aromatic heterocycles. The summed E-state index contributed by atoms with van der Waals surface area (Å²) in [7, 11) is 0. The van der Waals surface area contributed by atoms with Gasteiger partial charge in [-0.2, -0.15) is 0 Å². The molecule has 1 aliphatic carbocycles. The van der Waals surface area contributed by atoms with Gasteiger partial charge in [-0.15, -0.1) is 0 Å². The van der Waals surface area contributed by atoms with Gasteiger partial charge in [-0.3, -0.25) is 0 Å². The van der Waals surface area contributed by atoms with E-state index in [-0.39, 0.29) is 0 Å². The molecule has 0 heterocycles. The molecule has 0 aromatic carbocycles. The molecule has 4 unspecified atom stereocenters. The van der Waals surface area contributed by atoms with Crippen molar-refractivity contribution in [3.8, 4) is 0 Å². The summed E-state index contributed by atoms with van der Waals surface area (Å²) in [6, 6.07) is 0. The predicted octanol–water partition coefficient (Wildman–Crippen LogP) is 6.84. The first-order chi connectivity index (χ1) is 9.17. The van der Waals surface area contributed by atoms with Crippen molar-refractivity contribution in [2.24, 2.45) is 23.7 Å². The minimum atomic E-state index is 0.955. The molecule has 0 spiro atoms. The Morgan fingerprint density at radius 3 is 2.26 bits per heavy atom. The fourth-order valence-corrected chi connectivity index (χ4v) is 3.80. The predicted molar refractivity (Wildman–Crippen MR) is 87.4 cm³/mol. The van der Waals surface area contributed by atoms with E-state index in [4.69, 9.17) is 0 Å². The van der Waals surface area contributed by atoms with Crippen LogP contribution in [0.4, 0.5) is 0 Å². The van der Waals surface area contributed by atoms with E-state index in [2.05, 4.69) is 27.7 Å². The molecule has 0 saturated heterocycles. The van der Waals surface area contributed by atoms with Gasteiger partial charge in [-0.1, -0.05) is 91.9 Å². The van der Waals surface area contributed by atoms with Crippen LogP contribution >= 0.6 is 0 Å². The van der Waals surface area contributed by atoms with E-state index in [9.17, 15) is 0 Å². The van der Waals surface area contributed by atoms with Gasteiger partial charge in [0.25, 0.3) is 0 Å². The van der Waals surface area contributed by atoms with Gasteiger partial charge in [0, 0.05) is 0 Å². The molecular weight excluding hydrogens is 228 g/mol. The molecule has 0 N–H and O–H groups in total. The number of hydrogen-bond donors (Lipinski definition) is 0. The molecule has 0 aromatic rings. The van der Waals surface area contributed by atoms with E-state index in [0.717, 1.165) is 23.7 Å². The summed E-state index contributed by atoms with van der Waals surface area (Å²) in [6.07, 6.45) is 16.2. The second kappa shape index (κ2) is 9.83. The molecule has 0 bridgehead atoms. The van der Waals surface area contributed by atoms with Gasteiger partial charge in [0.1, 0.15) is 0 Å². The minimum absolute atomic E-state index is 0.955. The molecule has 0 aliphatic heterocycles. The van der Waals surface area contributed by atoms with Crippen molar-refractivity contribution >= 4 is 0 Å². The first kappa shape index (κ1) is 17.1. The lowest BCUT2D eigenvalue weighted by Crippen LogP contribution is -2.11. The molecule has 0 nitrogen and oxygen atoms in total. The highest BCUT2D eigenvalue weighted by Crippen LogP contribution is 2.33. The van der Waals surface area contributed by atoms with Crippen molar-refractivity contribution in [2.45, 2.75) is 98.3 Å². The summed E-state index contributed by atoms with van der Waals surface area (Å²) >= 11 is 0. The summed E-state index contributed by atoms with van der Waals surface area (Å²) < 4.78 is 0. The van der Waals surface area contributed by atoms with Gasteiger partial charge in [0.05, 0.1) is 0 Å². The molecule has 0 radical (unpaired) electrons. The Labute approximate surface area is 122 Å². The summed E-state index contributed by atoms with van der Waals surface area (Å²) in [5, 5.41) is 0. The average Bonchev–Trinajstić information content (AvgIpc) is 2.49. The second-order valence-electron chi connectivity index (χ2n) is 7.33. The van der Waals surface area contributed by atoms with E-state index in [1.54, 1.807) is 0 Å². The van der Waals surface area contributed by atoms with Gasteiger partial charge in [-0.25, -0.2) is 0 Å². The maximum Gasteiger partial charge on any atom is -0.0412 e. The summed E-state index contributed by atoms with van der Waals surface area (Å²) in [6.45, 7) is 9.69. The van der Waals surface area contributed by atoms with Gasteiger partial charge < -0.3 is 0 Å². The molecule has 1 rings (SSSR count). The quantitative estimate of drug-likeness (QED) is 0.494. The fourth-order valence-electron chi connectivity index (χ4n) is 3.80. The van der Waals surface area contributed by atoms with Crippen LogP contribution in [-0.2, 0) is 0 Å². The van der Waals surface area contributed by atoms with E-state index in [1.807, 2.05) is 0 Å². The number of rotatable bonds is 6. The molecule has 1 saturated carbocycles. The molecule has 1 aliphatic rings. The number of hydrogen-bond acceptors (Lipinski definition) is 0. The zero-order valence-electron chi connectivity index (χ0n) is 14.1. The monoisotopic (exact) mass is 266 g/mol. The van der Waals surface area contributed by atoms with Gasteiger partial charge >= 0.3 is 0 Å². The molecule has 0 heteroatoms. The van der Waals surface area contributed by atoms with Crippen LogP contribution in [0.25, 0.3) is 0 Å². The van der Waals surface area contributed by atoms with Crippen molar-refractivity contribution in [2.75, 3.05) is 0 Å². The Balaban J connectivity index is 2.41. The van der Waals surface area contributed by atoms with E-state index in [0.29, 0.717) is 0 Å². The highest BCUT2D eigenvalue weighted by Gasteiger charge is 2.20. The Bertz CT molecular complexity index is 208. The van der Waals surface area contributed by atoms with Crippen LogP contribution in [0.5, 0.6) is 0 Å². The normalized spacial score (nSPS) is 31.3. The highest BCUT2D eigenvalue weighted by molar-refractivity contribution is 4.72. The summed E-state index contributed by atoms with van der Waals surface area (Å²) in [4.78, 5) is 0. The van der Waals surface area contributed by atoms with Crippen LogP contribution in [0.15, 0.2) is 0 Å². The van der Waals surface area contributed by atoms with Crippen molar-refractivity contribution in [1.29, 1.82) is 0 Å². The third kappa shape index (κ3) is 6.82. The number of unbranched alkanes of at least 4 members (excludes halogenated alkanes) is 1. The van der Waals surface area contributed by atoms with E-state index >= 15 is 0 Å². The van der Waals surface area contributed by atoms with Crippen molar-refractivity contribution in [3.05, 3.63) is 0 Å². The summed E-state index contributed by atoms with van der Waals surface area (Å²) in [5.41, 5.74) is 0. The molecule has 114 valence electrons. The van der Waals surface area contributed by atoms with Gasteiger partial charge in [0.15, 0.2) is 0 Å². The van der Waals surface area contributed by atoms with E-state index in [1.165, 1.54) is 70.6 Å². The lowest BCUT2D eigenvalue weighted by Gasteiger charge is -2.24. The molecule has 19 heavy (non-hydrogen) atoms. The van der Waals surface area contributed by atoms with Crippen molar-refractivity contribution in [1.82, 2.24) is 0 Å². The van der Waals surface area contributed by atoms with Crippen molar-refractivity contribution < 1.29 is 0 Å². The van der Waals surface area contributed by atoms with Crippen LogP contribution in [0, 0.1) is 23.7 Å². The van der Waals surface area contributed by atoms with E-state index < -0.39 is 0 Å². The van der Waals surface area contributed by atoms with Gasteiger partial charge in [-0.05, 0) is 30.1 Å². The van der Waals surface area contributed by atoms with Gasteiger partial charge in [0.2, 0.25) is 0 Å². The standard InChI is InChI=1S/C19H38/c1-5-7-11-18(6-2)15-19-12-9-8-10-16(3)17(4)13-14-19/h16-19H,5-15H2,1-4H3. The van der Waals surface area contributed by atoms with Crippen LogP contribution in [0.2, 0.25) is 0 Å². The fraction of sp³-hybridized carbons (Fsp3) is 1.00.